The predicted molar refractivity (Wildman–Crippen MR) is 115 cm³/mol. The van der Waals surface area contributed by atoms with Crippen LogP contribution in [0.5, 0.6) is 0 Å². The van der Waals surface area contributed by atoms with E-state index in [1.807, 2.05) is 0 Å². The number of H-pyrrole nitrogens is 1. The SMILES string of the molecule is CP(=O)(CCN(CCCN)CCCN)OC[C@H]1O[C@@H](n2ccc(=O)[nH]c2=O)[C@@H](O)C1O. The molecular formula is C18H34N5O7P. The first kappa shape index (κ1) is 25.9. The number of rotatable bonds is 13. The average Bonchev–Trinajstić information content (AvgIpc) is 3.00. The highest BCUT2D eigenvalue weighted by molar-refractivity contribution is 7.58. The Balaban J connectivity index is 1.92. The molecule has 7 N–H and O–H groups in total. The minimum Gasteiger partial charge on any atom is -0.387 e. The van der Waals surface area contributed by atoms with Crippen LogP contribution < -0.4 is 22.7 Å². The summed E-state index contributed by atoms with van der Waals surface area (Å²) in [5, 5.41) is 20.5. The molecule has 0 saturated carbocycles. The highest BCUT2D eigenvalue weighted by Gasteiger charge is 2.44. The number of aliphatic hydroxyl groups is 2. The van der Waals surface area contributed by atoms with Crippen molar-refractivity contribution in [1.82, 2.24) is 14.5 Å². The lowest BCUT2D eigenvalue weighted by Crippen LogP contribution is -2.37. The number of nitrogens with two attached hydrogens (primary N) is 2. The van der Waals surface area contributed by atoms with Crippen LogP contribution in [-0.4, -0.2) is 95.1 Å². The largest absolute Gasteiger partial charge is 0.387 e. The second-order valence-corrected chi connectivity index (χ2v) is 10.5. The maximum atomic E-state index is 12.9. The number of nitrogens with one attached hydrogen (secondary N) is 1. The summed E-state index contributed by atoms with van der Waals surface area (Å²) < 4.78 is 25.0. The van der Waals surface area contributed by atoms with Gasteiger partial charge >= 0.3 is 5.69 Å². The first-order chi connectivity index (χ1) is 14.7. The molecule has 5 atom stereocenters. The lowest BCUT2D eigenvalue weighted by atomic mass is 10.1. The summed E-state index contributed by atoms with van der Waals surface area (Å²) >= 11 is 0. The smallest absolute Gasteiger partial charge is 0.330 e. The molecule has 0 aliphatic carbocycles. The Morgan fingerprint density at radius 3 is 2.42 bits per heavy atom. The second-order valence-electron chi connectivity index (χ2n) is 7.72. The van der Waals surface area contributed by atoms with Gasteiger partial charge in [-0.1, -0.05) is 0 Å². The first-order valence-corrected chi connectivity index (χ1v) is 12.6. The van der Waals surface area contributed by atoms with E-state index in [-0.39, 0.29) is 6.61 Å². The van der Waals surface area contributed by atoms with Crippen LogP contribution in [0, 0.1) is 0 Å². The first-order valence-electron chi connectivity index (χ1n) is 10.3. The van der Waals surface area contributed by atoms with Gasteiger partial charge in [0.25, 0.3) is 5.56 Å². The number of hydrogen-bond donors (Lipinski definition) is 5. The van der Waals surface area contributed by atoms with Gasteiger partial charge in [-0.25, -0.2) is 4.79 Å². The summed E-state index contributed by atoms with van der Waals surface area (Å²) in [5.74, 6) is 0. The molecule has 12 nitrogen and oxygen atoms in total. The van der Waals surface area contributed by atoms with Crippen molar-refractivity contribution in [3.8, 4) is 0 Å². The molecule has 0 amide bonds. The highest BCUT2D eigenvalue weighted by atomic mass is 31.2. The van der Waals surface area contributed by atoms with Gasteiger partial charge in [0.15, 0.2) is 6.23 Å². The van der Waals surface area contributed by atoms with Crippen LogP contribution in [0.3, 0.4) is 0 Å². The molecule has 2 rings (SSSR count). The summed E-state index contributed by atoms with van der Waals surface area (Å²) in [6.07, 6.45) is -1.84. The quantitative estimate of drug-likeness (QED) is 0.206. The number of aliphatic hydroxyl groups excluding tert-OH is 2. The van der Waals surface area contributed by atoms with Gasteiger partial charge in [0, 0.05) is 31.6 Å². The third-order valence-corrected chi connectivity index (χ3v) is 6.86. The van der Waals surface area contributed by atoms with Crippen LogP contribution >= 0.6 is 7.37 Å². The number of aromatic nitrogens is 2. The van der Waals surface area contributed by atoms with E-state index in [9.17, 15) is 24.4 Å². The molecule has 13 heteroatoms. The zero-order chi connectivity index (χ0) is 23.0. The van der Waals surface area contributed by atoms with E-state index in [2.05, 4.69) is 9.88 Å². The fourth-order valence-corrected chi connectivity index (χ4v) is 4.55. The second kappa shape index (κ2) is 12.0. The molecule has 178 valence electrons. The maximum Gasteiger partial charge on any atom is 0.330 e. The number of hydrogen-bond acceptors (Lipinski definition) is 10. The van der Waals surface area contributed by atoms with Crippen molar-refractivity contribution in [1.29, 1.82) is 0 Å². The van der Waals surface area contributed by atoms with Gasteiger partial charge in [0.1, 0.15) is 18.3 Å². The van der Waals surface area contributed by atoms with Gasteiger partial charge in [-0.2, -0.15) is 0 Å². The van der Waals surface area contributed by atoms with E-state index in [1.165, 1.54) is 12.9 Å². The van der Waals surface area contributed by atoms with Gasteiger partial charge in [-0.3, -0.25) is 18.9 Å². The van der Waals surface area contributed by atoms with E-state index in [4.69, 9.17) is 20.7 Å². The lowest BCUT2D eigenvalue weighted by molar-refractivity contribution is -0.0512. The normalized spacial score (nSPS) is 25.7. The molecule has 1 aliphatic rings. The van der Waals surface area contributed by atoms with E-state index >= 15 is 0 Å². The van der Waals surface area contributed by atoms with Crippen LogP contribution in [-0.2, 0) is 13.8 Å². The summed E-state index contributed by atoms with van der Waals surface area (Å²) in [6, 6.07) is 1.11. The van der Waals surface area contributed by atoms with Crippen molar-refractivity contribution >= 4 is 7.37 Å². The van der Waals surface area contributed by atoms with Gasteiger partial charge < -0.3 is 35.8 Å². The van der Waals surface area contributed by atoms with Gasteiger partial charge in [-0.05, 0) is 39.0 Å². The van der Waals surface area contributed by atoms with Crippen molar-refractivity contribution in [3.05, 3.63) is 33.1 Å². The standard InChI is InChI=1S/C18H34N5O7P/c1-31(28,11-10-22(7-2-5-19)8-3-6-20)29-12-13-15(25)16(26)17(30-13)23-9-4-14(24)21-18(23)27/h4,9,13,15-17,25-26H,2-3,5-8,10-12,19-20H2,1H3,(H,21,24,27)/t13-,15?,16+,17-,31?/m1/s1. The van der Waals surface area contributed by atoms with E-state index in [0.717, 1.165) is 36.6 Å². The van der Waals surface area contributed by atoms with Crippen molar-refractivity contribution in [3.63, 3.8) is 0 Å². The van der Waals surface area contributed by atoms with E-state index in [1.54, 1.807) is 0 Å². The topological polar surface area (TPSA) is 186 Å². The monoisotopic (exact) mass is 463 g/mol. The zero-order valence-electron chi connectivity index (χ0n) is 17.8. The molecular weight excluding hydrogens is 429 g/mol. The third-order valence-electron chi connectivity index (χ3n) is 5.15. The van der Waals surface area contributed by atoms with Gasteiger partial charge in [0.2, 0.25) is 7.37 Å². The van der Waals surface area contributed by atoms with Crippen LogP contribution in [0.2, 0.25) is 0 Å². The van der Waals surface area contributed by atoms with Crippen LogP contribution in [0.1, 0.15) is 19.1 Å². The molecule has 1 fully saturated rings. The Hall–Kier alpha value is -1.37. The Morgan fingerprint density at radius 1 is 1.19 bits per heavy atom. The zero-order valence-corrected chi connectivity index (χ0v) is 18.7. The Morgan fingerprint density at radius 2 is 1.84 bits per heavy atom. The van der Waals surface area contributed by atoms with Crippen molar-refractivity contribution in [2.75, 3.05) is 52.2 Å². The summed E-state index contributed by atoms with van der Waals surface area (Å²) in [5.41, 5.74) is 9.78. The average molecular weight is 463 g/mol. The fraction of sp³-hybridized carbons (Fsp3) is 0.778. The summed E-state index contributed by atoms with van der Waals surface area (Å²) in [4.78, 5) is 27.4. The van der Waals surface area contributed by atoms with Crippen molar-refractivity contribution in [2.24, 2.45) is 11.5 Å². The minimum atomic E-state index is -3.01. The number of aromatic amines is 1. The predicted octanol–water partition coefficient (Wildman–Crippen LogP) is -1.92. The molecule has 1 aromatic heterocycles. The molecule has 0 spiro atoms. The molecule has 0 radical (unpaired) electrons. The molecule has 1 aliphatic heterocycles. The highest BCUT2D eigenvalue weighted by Crippen LogP contribution is 2.43. The van der Waals surface area contributed by atoms with E-state index in [0.29, 0.717) is 25.8 Å². The van der Waals surface area contributed by atoms with Gasteiger partial charge in [-0.15, -0.1) is 0 Å². The molecule has 1 saturated heterocycles. The Bertz CT molecular complexity index is 839. The molecule has 1 aromatic rings. The summed E-state index contributed by atoms with van der Waals surface area (Å²) in [6.45, 7) is 4.55. The molecule has 0 bridgehead atoms. The minimum absolute atomic E-state index is 0.216. The molecule has 0 aromatic carbocycles. The molecule has 2 heterocycles. The van der Waals surface area contributed by atoms with E-state index < -0.39 is 43.2 Å². The summed E-state index contributed by atoms with van der Waals surface area (Å²) in [7, 11) is -3.01. The lowest BCUT2D eigenvalue weighted by Gasteiger charge is -2.24. The Kier molecular flexibility index (Phi) is 10.0. The van der Waals surface area contributed by atoms with Crippen LogP contribution in [0.4, 0.5) is 0 Å². The molecule has 31 heavy (non-hydrogen) atoms. The van der Waals surface area contributed by atoms with Gasteiger partial charge in [0.05, 0.1) is 6.61 Å². The van der Waals surface area contributed by atoms with Crippen molar-refractivity contribution in [2.45, 2.75) is 37.4 Å². The third kappa shape index (κ3) is 7.62. The van der Waals surface area contributed by atoms with Crippen LogP contribution in [0.15, 0.2) is 21.9 Å². The van der Waals surface area contributed by atoms with Crippen molar-refractivity contribution < 1.29 is 24.0 Å². The van der Waals surface area contributed by atoms with Crippen LogP contribution in [0.25, 0.3) is 0 Å². The molecule has 2 unspecified atom stereocenters. The number of nitrogens with zero attached hydrogens (tertiary/aromatic N) is 2. The Labute approximate surface area is 180 Å². The fourth-order valence-electron chi connectivity index (χ4n) is 3.31. The number of ether oxygens (including phenoxy) is 1. The maximum absolute atomic E-state index is 12.9.